The molecule has 1 saturated heterocycles. The molecule has 1 fully saturated rings. The van der Waals surface area contributed by atoms with Crippen LogP contribution in [0.5, 0.6) is 0 Å². The zero-order valence-electron chi connectivity index (χ0n) is 10.2. The second kappa shape index (κ2) is 6.67. The minimum absolute atomic E-state index is 0.115. The summed E-state index contributed by atoms with van der Waals surface area (Å²) in [6.45, 7) is 1.29. The predicted molar refractivity (Wildman–Crippen MR) is 73.2 cm³/mol. The Morgan fingerprint density at radius 2 is 2.15 bits per heavy atom. The van der Waals surface area contributed by atoms with E-state index >= 15 is 0 Å². The van der Waals surface area contributed by atoms with Gasteiger partial charge in [-0.3, -0.25) is 4.79 Å². The fourth-order valence-electron chi connectivity index (χ4n) is 1.39. The van der Waals surface area contributed by atoms with Gasteiger partial charge < -0.3 is 9.84 Å². The molecule has 2 N–H and O–H groups in total. The van der Waals surface area contributed by atoms with Crippen LogP contribution in [-0.2, 0) is 19.7 Å². The molecule has 0 amide bonds. The Kier molecular flexibility index (Phi) is 5.15. The van der Waals surface area contributed by atoms with E-state index in [1.165, 1.54) is 4.31 Å². The fourth-order valence-corrected chi connectivity index (χ4v) is 4.22. The third-order valence-electron chi connectivity index (χ3n) is 2.25. The van der Waals surface area contributed by atoms with Crippen molar-refractivity contribution in [1.82, 2.24) is 14.5 Å². The van der Waals surface area contributed by atoms with Gasteiger partial charge in [-0.2, -0.15) is 12.7 Å². The summed E-state index contributed by atoms with van der Waals surface area (Å²) in [6, 6.07) is 0. The van der Waals surface area contributed by atoms with E-state index in [0.29, 0.717) is 17.6 Å². The zero-order valence-corrected chi connectivity index (χ0v) is 12.6. The molecule has 20 heavy (non-hydrogen) atoms. The van der Waals surface area contributed by atoms with Gasteiger partial charge in [0, 0.05) is 13.1 Å². The highest BCUT2D eigenvalue weighted by Crippen LogP contribution is 2.26. The highest BCUT2D eigenvalue weighted by molar-refractivity contribution is 8.01. The number of aromatic nitrogens is 2. The van der Waals surface area contributed by atoms with E-state index in [4.69, 9.17) is 9.84 Å². The summed E-state index contributed by atoms with van der Waals surface area (Å²) in [6.07, 6.45) is 0. The van der Waals surface area contributed by atoms with Crippen molar-refractivity contribution in [1.29, 1.82) is 0 Å². The fraction of sp³-hybridized carbons (Fsp3) is 0.625. The van der Waals surface area contributed by atoms with Crippen molar-refractivity contribution in [3.8, 4) is 0 Å². The van der Waals surface area contributed by atoms with E-state index in [-0.39, 0.29) is 24.0 Å². The molecule has 0 atom stereocenters. The molecule has 0 saturated carbocycles. The molecule has 0 unspecified atom stereocenters. The highest BCUT2D eigenvalue weighted by Gasteiger charge is 2.25. The molecule has 1 aromatic heterocycles. The van der Waals surface area contributed by atoms with Gasteiger partial charge in [0.05, 0.1) is 19.0 Å². The zero-order chi connectivity index (χ0) is 14.6. The predicted octanol–water partition coefficient (Wildman–Crippen LogP) is -0.296. The first kappa shape index (κ1) is 15.4. The number of carboxylic acids is 1. The minimum Gasteiger partial charge on any atom is -0.481 e. The third-order valence-corrected chi connectivity index (χ3v) is 5.83. The summed E-state index contributed by atoms with van der Waals surface area (Å²) in [5.74, 6) is -1.12. The number of carbonyl (C=O) groups is 1. The Hall–Kier alpha value is -0.950. The van der Waals surface area contributed by atoms with Crippen LogP contribution in [0.3, 0.4) is 0 Å². The topological polar surface area (TPSA) is 122 Å². The van der Waals surface area contributed by atoms with E-state index in [9.17, 15) is 13.2 Å². The van der Waals surface area contributed by atoms with Crippen LogP contribution in [0.1, 0.15) is 0 Å². The van der Waals surface area contributed by atoms with Gasteiger partial charge in [0.1, 0.15) is 0 Å². The average molecular weight is 340 g/mol. The van der Waals surface area contributed by atoms with E-state index in [2.05, 4.69) is 14.9 Å². The molecule has 2 heterocycles. The molecule has 1 aliphatic rings. The normalized spacial score (nSPS) is 17.0. The third kappa shape index (κ3) is 4.28. The number of thioether (sulfide) groups is 1. The lowest BCUT2D eigenvalue weighted by Crippen LogP contribution is -2.43. The molecular weight excluding hydrogens is 328 g/mol. The summed E-state index contributed by atoms with van der Waals surface area (Å²) in [5, 5.41) is 16.1. The number of hydrogen-bond acceptors (Lipinski definition) is 8. The molecule has 0 bridgehead atoms. The number of ether oxygens (including phenoxy) is 1. The Labute approximate surface area is 123 Å². The number of rotatable bonds is 6. The van der Waals surface area contributed by atoms with Crippen molar-refractivity contribution in [3.05, 3.63) is 0 Å². The highest BCUT2D eigenvalue weighted by atomic mass is 32.2. The van der Waals surface area contributed by atoms with Gasteiger partial charge >= 0.3 is 16.2 Å². The Balaban J connectivity index is 1.96. The monoisotopic (exact) mass is 340 g/mol. The number of morpholine rings is 1. The van der Waals surface area contributed by atoms with Crippen LogP contribution < -0.4 is 4.72 Å². The van der Waals surface area contributed by atoms with Crippen molar-refractivity contribution < 1.29 is 23.1 Å². The standard InChI is InChI=1S/C8H12N4O5S3/c13-6(14)5-18-8-10-9-7(19-8)11-20(15,16)12-1-3-17-4-2-12/h1-5H2,(H,9,11)(H,13,14). The van der Waals surface area contributed by atoms with Gasteiger partial charge in [0.2, 0.25) is 5.13 Å². The average Bonchev–Trinajstić information content (AvgIpc) is 2.84. The second-order valence-corrected chi connectivity index (χ2v) is 7.54. The lowest BCUT2D eigenvalue weighted by molar-refractivity contribution is -0.133. The van der Waals surface area contributed by atoms with Gasteiger partial charge in [-0.1, -0.05) is 23.1 Å². The first-order chi connectivity index (χ1) is 9.47. The molecule has 0 radical (unpaired) electrons. The summed E-state index contributed by atoms with van der Waals surface area (Å²) < 4.78 is 33.1. The lowest BCUT2D eigenvalue weighted by atomic mass is 10.5. The SMILES string of the molecule is O=C(O)CSc1nnc(NS(=O)(=O)N2CCOCC2)s1. The van der Waals surface area contributed by atoms with Crippen LogP contribution >= 0.6 is 23.1 Å². The van der Waals surface area contributed by atoms with E-state index < -0.39 is 16.2 Å². The van der Waals surface area contributed by atoms with E-state index in [0.717, 1.165) is 23.1 Å². The second-order valence-electron chi connectivity index (χ2n) is 3.67. The Morgan fingerprint density at radius 3 is 2.80 bits per heavy atom. The largest absolute Gasteiger partial charge is 0.481 e. The molecule has 0 aromatic carbocycles. The lowest BCUT2D eigenvalue weighted by Gasteiger charge is -2.25. The first-order valence-electron chi connectivity index (χ1n) is 5.51. The summed E-state index contributed by atoms with van der Waals surface area (Å²) in [7, 11) is -3.67. The quantitative estimate of drug-likeness (QED) is 0.677. The summed E-state index contributed by atoms with van der Waals surface area (Å²) in [4.78, 5) is 10.4. The van der Waals surface area contributed by atoms with Crippen LogP contribution in [0.25, 0.3) is 0 Å². The van der Waals surface area contributed by atoms with Crippen LogP contribution in [-0.4, -0.2) is 66.1 Å². The van der Waals surface area contributed by atoms with E-state index in [1.54, 1.807) is 0 Å². The van der Waals surface area contributed by atoms with Crippen LogP contribution in [0.15, 0.2) is 4.34 Å². The summed E-state index contributed by atoms with van der Waals surface area (Å²) in [5.41, 5.74) is 0. The first-order valence-corrected chi connectivity index (χ1v) is 8.75. The smallest absolute Gasteiger partial charge is 0.313 e. The number of anilines is 1. The van der Waals surface area contributed by atoms with Gasteiger partial charge in [-0.15, -0.1) is 10.2 Å². The number of carboxylic acid groups (broad SMARTS) is 1. The van der Waals surface area contributed by atoms with Crippen molar-refractivity contribution >= 4 is 44.4 Å². The van der Waals surface area contributed by atoms with Gasteiger partial charge in [-0.05, 0) is 0 Å². The Morgan fingerprint density at radius 1 is 1.45 bits per heavy atom. The van der Waals surface area contributed by atoms with Gasteiger partial charge in [-0.25, -0.2) is 4.72 Å². The maximum Gasteiger partial charge on any atom is 0.313 e. The Bertz CT molecular complexity index is 568. The van der Waals surface area contributed by atoms with Crippen molar-refractivity contribution in [2.45, 2.75) is 4.34 Å². The molecule has 1 aliphatic heterocycles. The molecule has 0 spiro atoms. The van der Waals surface area contributed by atoms with Crippen LogP contribution in [0.4, 0.5) is 5.13 Å². The molecule has 9 nitrogen and oxygen atoms in total. The molecule has 1 aromatic rings. The molecule has 2 rings (SSSR count). The number of nitrogens with zero attached hydrogens (tertiary/aromatic N) is 3. The molecule has 12 heteroatoms. The number of hydrogen-bond donors (Lipinski definition) is 2. The van der Waals surface area contributed by atoms with Crippen LogP contribution in [0.2, 0.25) is 0 Å². The molecule has 0 aliphatic carbocycles. The number of aliphatic carboxylic acids is 1. The molecular formula is C8H12N4O5S3. The van der Waals surface area contributed by atoms with Crippen molar-refractivity contribution in [2.24, 2.45) is 0 Å². The van der Waals surface area contributed by atoms with Crippen LogP contribution in [0, 0.1) is 0 Å². The maximum absolute atomic E-state index is 12.0. The van der Waals surface area contributed by atoms with Gasteiger partial charge in [0.15, 0.2) is 4.34 Å². The number of nitrogens with one attached hydrogen (secondary N) is 1. The van der Waals surface area contributed by atoms with E-state index in [1.807, 2.05) is 0 Å². The van der Waals surface area contributed by atoms with Crippen molar-refractivity contribution in [3.63, 3.8) is 0 Å². The minimum atomic E-state index is -3.67. The summed E-state index contributed by atoms with van der Waals surface area (Å²) >= 11 is 1.98. The molecule has 112 valence electrons. The maximum atomic E-state index is 12.0. The van der Waals surface area contributed by atoms with Crippen molar-refractivity contribution in [2.75, 3.05) is 36.8 Å². The van der Waals surface area contributed by atoms with Gasteiger partial charge in [0.25, 0.3) is 0 Å².